The Balaban J connectivity index is 0.000000155. The van der Waals surface area contributed by atoms with E-state index in [9.17, 15) is 19.2 Å². The minimum absolute atomic E-state index is 0.0211. The molecule has 0 aromatic heterocycles. The SMILES string of the molecule is CC(=O)C1=C(c2cccc(C)c2)NC(N)=NC1c1cc(Cl)cc(Cl)c1.CC(=O)C1=C(c2ccccc2)NC(N)=NC1c1ccc(-c2ccccc2)cc1.CCC1=C(C(C)=O)C(c2ccc(-c3ccccc3)cc2)N=C(N)N1.CCC1=C(C(C)=O)C(c2ccc(CC(C)C)cc2)N=C(N)N1. The van der Waals surface area contributed by atoms with Crippen LogP contribution in [0.5, 0.6) is 0 Å². The van der Waals surface area contributed by atoms with Crippen LogP contribution in [0.3, 0.4) is 0 Å². The highest BCUT2D eigenvalue weighted by Gasteiger charge is 2.33. The van der Waals surface area contributed by atoms with Crippen molar-refractivity contribution in [2.75, 3.05) is 0 Å². The minimum atomic E-state index is -0.564. The fraction of sp³-hybridized carbons (Fsp3) is 0.210. The molecule has 0 bridgehead atoms. The second-order valence-corrected chi connectivity index (χ2v) is 25.6. The van der Waals surface area contributed by atoms with Gasteiger partial charge in [-0.25, -0.2) is 20.0 Å². The van der Waals surface area contributed by atoms with Crippen molar-refractivity contribution in [2.45, 2.75) is 106 Å². The van der Waals surface area contributed by atoms with Crippen LogP contribution in [0, 0.1) is 12.8 Å². The maximum atomic E-state index is 12.6. The van der Waals surface area contributed by atoms with Gasteiger partial charge in [0.05, 0.1) is 11.4 Å². The number of hydrogen-bond acceptors (Lipinski definition) is 16. The number of benzene rings is 8. The van der Waals surface area contributed by atoms with Gasteiger partial charge in [0.25, 0.3) is 0 Å². The first-order chi connectivity index (χ1) is 47.5. The Bertz CT molecular complexity index is 4520. The van der Waals surface area contributed by atoms with Crippen molar-refractivity contribution in [2.24, 2.45) is 48.8 Å². The van der Waals surface area contributed by atoms with E-state index in [0.717, 1.165) is 91.1 Å². The zero-order valence-corrected chi connectivity index (χ0v) is 58.6. The number of ketones is 4. The monoisotopic (exact) mass is 1360 g/mol. The van der Waals surface area contributed by atoms with Crippen LogP contribution in [-0.4, -0.2) is 47.0 Å². The van der Waals surface area contributed by atoms with E-state index in [1.54, 1.807) is 39.0 Å². The number of carbonyl (C=O) groups excluding carboxylic acids is 4. The number of aliphatic imine (C=N–C) groups is 4. The Morgan fingerprint density at radius 1 is 0.384 bits per heavy atom. The Kier molecular flexibility index (Phi) is 24.4. The van der Waals surface area contributed by atoms with Crippen LogP contribution in [0.4, 0.5) is 0 Å². The summed E-state index contributed by atoms with van der Waals surface area (Å²) in [7, 11) is 0. The van der Waals surface area contributed by atoms with Crippen LogP contribution in [-0.2, 0) is 25.6 Å². The van der Waals surface area contributed by atoms with Crippen LogP contribution in [0.15, 0.2) is 260 Å². The van der Waals surface area contributed by atoms with Crippen LogP contribution < -0.4 is 44.2 Å². The normalized spacial score (nSPS) is 17.2. The van der Waals surface area contributed by atoms with Crippen LogP contribution in [0.2, 0.25) is 10.0 Å². The van der Waals surface area contributed by atoms with Crippen molar-refractivity contribution < 1.29 is 19.2 Å². The zero-order valence-electron chi connectivity index (χ0n) is 57.1. The molecular formula is C81H84Cl2N12O4. The summed E-state index contributed by atoms with van der Waals surface area (Å²) < 4.78 is 0. The summed E-state index contributed by atoms with van der Waals surface area (Å²) in [4.78, 5) is 67.1. The third-order valence-corrected chi connectivity index (χ3v) is 17.3. The van der Waals surface area contributed by atoms with Gasteiger partial charge < -0.3 is 44.2 Å². The predicted octanol–water partition coefficient (Wildman–Crippen LogP) is 15.2. The molecule has 4 aliphatic rings. The van der Waals surface area contributed by atoms with E-state index in [-0.39, 0.29) is 41.2 Å². The number of Topliss-reactive ketones (excluding diaryl/α,β-unsaturated/α-hetero) is 4. The van der Waals surface area contributed by atoms with Gasteiger partial charge in [-0.3, -0.25) is 19.2 Å². The molecule has 4 aliphatic heterocycles. The summed E-state index contributed by atoms with van der Waals surface area (Å²) in [5.41, 5.74) is 41.9. The van der Waals surface area contributed by atoms with E-state index in [0.29, 0.717) is 68.3 Å². The van der Waals surface area contributed by atoms with Gasteiger partial charge in [0.15, 0.2) is 47.0 Å². The smallest absolute Gasteiger partial charge is 0.194 e. The molecule has 4 unspecified atom stereocenters. The third-order valence-electron chi connectivity index (χ3n) is 16.8. The first kappa shape index (κ1) is 72.3. The van der Waals surface area contributed by atoms with E-state index < -0.39 is 12.1 Å². The lowest BCUT2D eigenvalue weighted by Gasteiger charge is -2.26. The highest BCUT2D eigenvalue weighted by molar-refractivity contribution is 6.34. The fourth-order valence-corrected chi connectivity index (χ4v) is 12.9. The highest BCUT2D eigenvalue weighted by atomic mass is 35.5. The van der Waals surface area contributed by atoms with Gasteiger partial charge in [-0.15, -0.1) is 0 Å². The predicted molar refractivity (Wildman–Crippen MR) is 404 cm³/mol. The van der Waals surface area contributed by atoms with E-state index in [1.807, 2.05) is 136 Å². The molecule has 12 N–H and O–H groups in total. The number of nitrogens with two attached hydrogens (primary N) is 4. The molecule has 0 saturated heterocycles. The molecule has 0 amide bonds. The number of rotatable bonds is 16. The molecule has 0 aliphatic carbocycles. The molecule has 0 fully saturated rings. The Hall–Kier alpha value is -10.9. The number of halogens is 2. The van der Waals surface area contributed by atoms with Gasteiger partial charge >= 0.3 is 0 Å². The van der Waals surface area contributed by atoms with Crippen molar-refractivity contribution in [1.82, 2.24) is 21.3 Å². The summed E-state index contributed by atoms with van der Waals surface area (Å²) in [6.07, 6.45) is 2.49. The van der Waals surface area contributed by atoms with Crippen molar-refractivity contribution >= 4 is 81.6 Å². The molecular weight excluding hydrogens is 1280 g/mol. The number of carbonyl (C=O) groups is 4. The Morgan fingerprint density at radius 2 is 0.707 bits per heavy atom. The van der Waals surface area contributed by atoms with Crippen molar-refractivity contribution in [3.63, 3.8) is 0 Å². The number of guanidine groups is 4. The summed E-state index contributed by atoms with van der Waals surface area (Å²) >= 11 is 12.3. The molecule has 4 heterocycles. The van der Waals surface area contributed by atoms with Crippen molar-refractivity contribution in [3.05, 3.63) is 294 Å². The molecule has 18 heteroatoms. The summed E-state index contributed by atoms with van der Waals surface area (Å²) in [5.74, 6) is 1.83. The second kappa shape index (κ2) is 33.3. The third kappa shape index (κ3) is 18.4. The standard InChI is InChI=1S/C24H21N3O.C20H21N3O.C19H17Cl2N3O.C18H25N3O/c1-16(28)21-22(19-10-6-3-7-11-19)26-24(25)27-23(21)20-14-12-18(13-15-20)17-8-4-2-5-9-17;1-3-17-18(13(2)24)19(23-20(21)22-17)16-11-9-15(10-12-16)14-7-5-4-6-8-14;1-10-4-3-5-12(6-10)17-16(11(2)25)18(24-19(22)23-17)13-7-14(20)9-15(21)8-13;1-5-15-16(12(4)22)17(21-18(19)20-15)14-8-6-13(7-9-14)10-11(2)3/h2-15,23H,1H3,(H3,25,26,27);4-12,19H,3H2,1-2H3,(H3,21,22,23);3-9,18H,1-2H3,(H3,22,23,24);6-9,11,17H,5,10H2,1-4H3,(H3,19,20,21). The molecule has 0 saturated carbocycles. The lowest BCUT2D eigenvalue weighted by atomic mass is 9.90. The number of allylic oxidation sites excluding steroid dienone is 2. The largest absolute Gasteiger partial charge is 0.370 e. The first-order valence-corrected chi connectivity index (χ1v) is 33.6. The topological polar surface area (TPSA) is 270 Å². The molecule has 0 spiro atoms. The maximum Gasteiger partial charge on any atom is 0.194 e. The number of hydrogen-bond donors (Lipinski definition) is 8. The number of nitrogens with zero attached hydrogens (tertiary/aromatic N) is 4. The first-order valence-electron chi connectivity index (χ1n) is 32.9. The summed E-state index contributed by atoms with van der Waals surface area (Å²) in [6.45, 7) is 16.7. The zero-order chi connectivity index (χ0) is 71.0. The van der Waals surface area contributed by atoms with Gasteiger partial charge in [-0.05, 0) is 145 Å². The molecule has 8 aromatic carbocycles. The number of nitrogens with one attached hydrogen (secondary N) is 4. The van der Waals surface area contributed by atoms with Gasteiger partial charge in [0.1, 0.15) is 24.2 Å². The lowest BCUT2D eigenvalue weighted by Crippen LogP contribution is -2.37. The Morgan fingerprint density at radius 3 is 1.07 bits per heavy atom. The summed E-state index contributed by atoms with van der Waals surface area (Å²) in [6, 6.07) is 66.1. The van der Waals surface area contributed by atoms with Gasteiger partial charge in [0.2, 0.25) is 0 Å². The van der Waals surface area contributed by atoms with E-state index in [4.69, 9.17) is 46.1 Å². The van der Waals surface area contributed by atoms with Gasteiger partial charge in [0, 0.05) is 43.7 Å². The molecule has 16 nitrogen and oxygen atoms in total. The molecule has 99 heavy (non-hydrogen) atoms. The number of aryl methyl sites for hydroxylation is 1. The fourth-order valence-electron chi connectivity index (χ4n) is 12.3. The molecule has 8 aromatic rings. The van der Waals surface area contributed by atoms with Gasteiger partial charge in [-0.1, -0.05) is 238 Å². The van der Waals surface area contributed by atoms with E-state index >= 15 is 0 Å². The van der Waals surface area contributed by atoms with Crippen LogP contribution >= 0.6 is 23.2 Å². The quantitative estimate of drug-likeness (QED) is 0.0449. The van der Waals surface area contributed by atoms with Gasteiger partial charge in [-0.2, -0.15) is 0 Å². The average molecular weight is 1360 g/mol. The maximum absolute atomic E-state index is 12.6. The molecule has 0 radical (unpaired) electrons. The average Bonchev–Trinajstić information content (AvgIpc) is 0.799. The lowest BCUT2D eigenvalue weighted by molar-refractivity contribution is -0.114. The minimum Gasteiger partial charge on any atom is -0.370 e. The van der Waals surface area contributed by atoms with Crippen LogP contribution in [0.1, 0.15) is 137 Å². The van der Waals surface area contributed by atoms with Crippen molar-refractivity contribution in [3.8, 4) is 22.3 Å². The second-order valence-electron chi connectivity index (χ2n) is 24.7. The molecule has 506 valence electrons. The summed E-state index contributed by atoms with van der Waals surface area (Å²) in [5, 5.41) is 13.1. The van der Waals surface area contributed by atoms with Crippen molar-refractivity contribution in [1.29, 1.82) is 0 Å². The highest BCUT2D eigenvalue weighted by Crippen LogP contribution is 2.39. The molecule has 4 atom stereocenters. The van der Waals surface area contributed by atoms with E-state index in [1.165, 1.54) is 12.5 Å². The van der Waals surface area contributed by atoms with E-state index in [2.05, 4.69) is 128 Å². The Labute approximate surface area is 590 Å². The molecule has 12 rings (SSSR count). The van der Waals surface area contributed by atoms with Crippen LogP contribution in [0.25, 0.3) is 33.6 Å².